The Morgan fingerprint density at radius 2 is 2.17 bits per heavy atom. The molecule has 2 rings (SSSR count). The fraction of sp³-hybridized carbons (Fsp3) is 0.182. The van der Waals surface area contributed by atoms with E-state index in [0.717, 1.165) is 12.8 Å². The molecule has 1 heteroatoms. The highest BCUT2D eigenvalue weighted by molar-refractivity contribution is 7.07. The van der Waals surface area contributed by atoms with Gasteiger partial charge in [-0.3, -0.25) is 0 Å². The van der Waals surface area contributed by atoms with Gasteiger partial charge in [0.2, 0.25) is 0 Å². The van der Waals surface area contributed by atoms with Crippen LogP contribution in [0.3, 0.4) is 0 Å². The van der Waals surface area contributed by atoms with E-state index in [0.29, 0.717) is 0 Å². The fourth-order valence-corrected chi connectivity index (χ4v) is 2.14. The van der Waals surface area contributed by atoms with Crippen molar-refractivity contribution in [2.45, 2.75) is 12.8 Å². The van der Waals surface area contributed by atoms with Gasteiger partial charge in [-0.25, -0.2) is 0 Å². The van der Waals surface area contributed by atoms with Crippen LogP contribution in [0, 0.1) is 6.92 Å². The monoisotopic (exact) mass is 175 g/mol. The summed E-state index contributed by atoms with van der Waals surface area (Å²) in [5.41, 5.74) is 4.20. The molecule has 1 aliphatic heterocycles. The third-order valence-corrected chi connectivity index (χ3v) is 2.76. The second-order valence-corrected chi connectivity index (χ2v) is 3.67. The Morgan fingerprint density at radius 1 is 1.25 bits per heavy atom. The van der Waals surface area contributed by atoms with Gasteiger partial charge in [-0.2, -0.15) is 11.3 Å². The van der Waals surface area contributed by atoms with E-state index in [2.05, 4.69) is 35.9 Å². The molecule has 0 aromatic rings. The smallest absolute Gasteiger partial charge is 0.00149 e. The van der Waals surface area contributed by atoms with Gasteiger partial charge < -0.3 is 0 Å². The first-order valence-corrected chi connectivity index (χ1v) is 5.09. The minimum atomic E-state index is 0.984. The Morgan fingerprint density at radius 3 is 3.00 bits per heavy atom. The lowest BCUT2D eigenvalue weighted by Crippen LogP contribution is -1.81. The zero-order valence-electron chi connectivity index (χ0n) is 6.92. The molecule has 61 valence electrons. The molecule has 0 N–H and O–H groups in total. The van der Waals surface area contributed by atoms with Gasteiger partial charge >= 0.3 is 0 Å². The van der Waals surface area contributed by atoms with Crippen molar-refractivity contribution >= 4 is 11.3 Å². The van der Waals surface area contributed by atoms with Gasteiger partial charge in [0.15, 0.2) is 0 Å². The minimum absolute atomic E-state index is 0.984. The molecule has 0 atom stereocenters. The number of hydrogen-bond acceptors (Lipinski definition) is 1. The Hall–Kier alpha value is -0.820. The van der Waals surface area contributed by atoms with Gasteiger partial charge in [0.05, 0.1) is 0 Å². The quantitative estimate of drug-likeness (QED) is 0.654. The summed E-state index contributed by atoms with van der Waals surface area (Å²) < 4.78 is 0. The van der Waals surface area contributed by atoms with Crippen LogP contribution in [0.5, 0.6) is 0 Å². The van der Waals surface area contributed by atoms with Crippen molar-refractivity contribution in [3.05, 3.63) is 41.4 Å². The van der Waals surface area contributed by atoms with Crippen molar-refractivity contribution in [1.29, 1.82) is 0 Å². The van der Waals surface area contributed by atoms with Crippen molar-refractivity contribution in [2.75, 3.05) is 0 Å². The summed E-state index contributed by atoms with van der Waals surface area (Å²) in [5.74, 6) is 0. The first kappa shape index (κ1) is 7.81. The molecule has 0 nitrogen and oxygen atoms in total. The molecule has 0 fully saturated rings. The zero-order chi connectivity index (χ0) is 8.39. The highest BCUT2D eigenvalue weighted by Crippen LogP contribution is 2.29. The molecule has 0 amide bonds. The summed E-state index contributed by atoms with van der Waals surface area (Å²) in [6.45, 7) is 3.87. The molecule has 0 saturated carbocycles. The molecule has 0 aromatic heterocycles. The molecular weight excluding hydrogens is 164 g/mol. The molecule has 0 spiro atoms. The standard InChI is InChI=1S/C11H11S/c1-2-3-9-4-5-10-8-12-7-6-11(9)10/h4-8H,1-3H2. The predicted octanol–water partition coefficient (Wildman–Crippen LogP) is 3.62. The summed E-state index contributed by atoms with van der Waals surface area (Å²) in [4.78, 5) is 0. The normalized spacial score (nSPS) is 10.8. The van der Waals surface area contributed by atoms with Crippen LogP contribution in [0.4, 0.5) is 0 Å². The largest absolute Gasteiger partial charge is 0.152 e. The van der Waals surface area contributed by atoms with E-state index in [1.807, 2.05) is 0 Å². The Bertz CT molecular complexity index is 335. The average Bonchev–Trinajstić information content (AvgIpc) is 2.50. The first-order valence-electron chi connectivity index (χ1n) is 4.15. The summed E-state index contributed by atoms with van der Waals surface area (Å²) in [6.07, 6.45) is 2.08. The number of aryl methyl sites for hydroxylation is 1. The average molecular weight is 175 g/mol. The highest BCUT2D eigenvalue weighted by atomic mass is 32.1. The maximum Gasteiger partial charge on any atom is -0.00149 e. The fourth-order valence-electron chi connectivity index (χ4n) is 1.49. The maximum absolute atomic E-state index is 3.87. The van der Waals surface area contributed by atoms with E-state index in [-0.39, 0.29) is 0 Å². The van der Waals surface area contributed by atoms with Crippen LogP contribution < -0.4 is 0 Å². The Labute approximate surface area is 77.2 Å². The van der Waals surface area contributed by atoms with Crippen LogP contribution in [-0.4, -0.2) is 0 Å². The molecule has 12 heavy (non-hydrogen) atoms. The van der Waals surface area contributed by atoms with Crippen LogP contribution in [0.25, 0.3) is 11.1 Å². The molecule has 1 heterocycles. The van der Waals surface area contributed by atoms with Crippen LogP contribution in [-0.2, 0) is 6.42 Å². The molecule has 1 aliphatic carbocycles. The van der Waals surface area contributed by atoms with Gasteiger partial charge in [0.25, 0.3) is 0 Å². The molecule has 0 saturated heterocycles. The molecule has 0 aromatic carbocycles. The molecule has 0 unspecified atom stereocenters. The van der Waals surface area contributed by atoms with E-state index < -0.39 is 0 Å². The number of rotatable bonds is 2. The summed E-state index contributed by atoms with van der Waals surface area (Å²) in [5, 5.41) is 4.33. The first-order chi connectivity index (χ1) is 5.92. The molecule has 1 radical (unpaired) electrons. The van der Waals surface area contributed by atoms with Crippen LogP contribution in [0.2, 0.25) is 0 Å². The second kappa shape index (κ2) is 3.28. The lowest BCUT2D eigenvalue weighted by molar-refractivity contribution is 1.01. The zero-order valence-corrected chi connectivity index (χ0v) is 7.73. The molecule has 2 aliphatic rings. The highest BCUT2D eigenvalue weighted by Gasteiger charge is 2.06. The van der Waals surface area contributed by atoms with Crippen molar-refractivity contribution < 1.29 is 0 Å². The third-order valence-electron chi connectivity index (χ3n) is 2.08. The van der Waals surface area contributed by atoms with E-state index in [1.165, 1.54) is 16.7 Å². The summed E-state index contributed by atoms with van der Waals surface area (Å²) in [6, 6.07) is 6.60. The second-order valence-electron chi connectivity index (χ2n) is 2.89. The van der Waals surface area contributed by atoms with Gasteiger partial charge in [-0.15, -0.1) is 0 Å². The lowest BCUT2D eigenvalue weighted by atomic mass is 10.1. The topological polar surface area (TPSA) is 0 Å². The van der Waals surface area contributed by atoms with Crippen LogP contribution in [0.1, 0.15) is 12.0 Å². The summed E-state index contributed by atoms with van der Waals surface area (Å²) >= 11 is 1.75. The SMILES string of the molecule is [CH2]CCc1ccc2csccc1-2. The van der Waals surface area contributed by atoms with Crippen molar-refractivity contribution in [2.24, 2.45) is 0 Å². The third kappa shape index (κ3) is 1.25. The van der Waals surface area contributed by atoms with Crippen LogP contribution in [0.15, 0.2) is 29.0 Å². The number of hydrogen-bond donors (Lipinski definition) is 0. The maximum atomic E-state index is 3.87. The van der Waals surface area contributed by atoms with Gasteiger partial charge in [-0.05, 0) is 46.4 Å². The summed E-state index contributed by atoms with van der Waals surface area (Å²) in [7, 11) is 0. The van der Waals surface area contributed by atoms with Crippen molar-refractivity contribution in [3.8, 4) is 11.1 Å². The van der Waals surface area contributed by atoms with Crippen molar-refractivity contribution in [1.82, 2.24) is 0 Å². The lowest BCUT2D eigenvalue weighted by Gasteiger charge is -2.00. The van der Waals surface area contributed by atoms with Gasteiger partial charge in [-0.1, -0.05) is 19.1 Å². The minimum Gasteiger partial charge on any atom is -0.152 e. The van der Waals surface area contributed by atoms with E-state index >= 15 is 0 Å². The number of fused-ring (bicyclic) bond motifs is 1. The van der Waals surface area contributed by atoms with E-state index in [9.17, 15) is 0 Å². The van der Waals surface area contributed by atoms with Crippen LogP contribution >= 0.6 is 11.3 Å². The van der Waals surface area contributed by atoms with Gasteiger partial charge in [0, 0.05) is 0 Å². The molecule has 0 bridgehead atoms. The van der Waals surface area contributed by atoms with Crippen molar-refractivity contribution in [3.63, 3.8) is 0 Å². The van der Waals surface area contributed by atoms with E-state index in [4.69, 9.17) is 0 Å². The Kier molecular flexibility index (Phi) is 2.13. The Balaban J connectivity index is 2.45. The molecular formula is C11H11S. The van der Waals surface area contributed by atoms with E-state index in [1.54, 1.807) is 11.3 Å². The predicted molar refractivity (Wildman–Crippen MR) is 54.6 cm³/mol. The van der Waals surface area contributed by atoms with Gasteiger partial charge in [0.1, 0.15) is 0 Å².